The molecule has 3 nitrogen and oxygen atoms in total. The van der Waals surface area contributed by atoms with E-state index in [1.54, 1.807) is 0 Å². The molecule has 3 atom stereocenters. The van der Waals surface area contributed by atoms with E-state index in [0.717, 1.165) is 37.4 Å². The van der Waals surface area contributed by atoms with Crippen molar-refractivity contribution in [2.24, 2.45) is 11.7 Å². The van der Waals surface area contributed by atoms with Gasteiger partial charge in [-0.2, -0.15) is 0 Å². The minimum absolute atomic E-state index is 0.0352. The van der Waals surface area contributed by atoms with Crippen LogP contribution in [-0.2, 0) is 11.2 Å². The van der Waals surface area contributed by atoms with Crippen molar-refractivity contribution in [3.8, 4) is 5.75 Å². The van der Waals surface area contributed by atoms with E-state index >= 15 is 0 Å². The highest BCUT2D eigenvalue weighted by Gasteiger charge is 2.31. The molecule has 3 rings (SSSR count). The van der Waals surface area contributed by atoms with E-state index in [9.17, 15) is 0 Å². The fourth-order valence-electron chi connectivity index (χ4n) is 2.86. The zero-order chi connectivity index (χ0) is 11.8. The summed E-state index contributed by atoms with van der Waals surface area (Å²) in [5, 5.41) is 0. The topological polar surface area (TPSA) is 44.5 Å². The van der Waals surface area contributed by atoms with Crippen LogP contribution in [0, 0.1) is 5.92 Å². The molecule has 2 aliphatic heterocycles. The second-order valence-electron chi connectivity index (χ2n) is 5.10. The molecule has 0 amide bonds. The first-order valence-corrected chi connectivity index (χ1v) is 6.37. The van der Waals surface area contributed by atoms with Crippen LogP contribution in [0.5, 0.6) is 5.75 Å². The molecule has 0 aromatic heterocycles. The van der Waals surface area contributed by atoms with Crippen LogP contribution in [0.3, 0.4) is 0 Å². The Kier molecular flexibility index (Phi) is 2.81. The molecule has 3 heteroatoms. The van der Waals surface area contributed by atoms with Gasteiger partial charge in [0, 0.05) is 23.9 Å². The zero-order valence-corrected chi connectivity index (χ0v) is 10.2. The maximum absolute atomic E-state index is 6.38. The number of nitrogens with two attached hydrogens (primary N) is 1. The quantitative estimate of drug-likeness (QED) is 0.850. The Labute approximate surface area is 102 Å². The number of ether oxygens (including phenoxy) is 2. The molecule has 1 fully saturated rings. The molecule has 0 aliphatic carbocycles. The summed E-state index contributed by atoms with van der Waals surface area (Å²) in [5.74, 6) is 1.44. The van der Waals surface area contributed by atoms with E-state index in [1.807, 2.05) is 0 Å². The van der Waals surface area contributed by atoms with Crippen LogP contribution in [0.15, 0.2) is 18.2 Å². The SMILES string of the molecule is CC1CC(C(N)c2cccc3c2OCC3)CO1. The third-order valence-corrected chi connectivity index (χ3v) is 3.84. The molecule has 2 aliphatic rings. The van der Waals surface area contributed by atoms with E-state index in [2.05, 4.69) is 25.1 Å². The maximum atomic E-state index is 6.38. The normalized spacial score (nSPS) is 28.8. The first-order valence-electron chi connectivity index (χ1n) is 6.37. The molecular formula is C14H19NO2. The Morgan fingerprint density at radius 3 is 3.06 bits per heavy atom. The molecule has 1 aromatic rings. The van der Waals surface area contributed by atoms with Crippen molar-refractivity contribution >= 4 is 0 Å². The smallest absolute Gasteiger partial charge is 0.127 e. The highest BCUT2D eigenvalue weighted by Crippen LogP contribution is 2.38. The van der Waals surface area contributed by atoms with Crippen LogP contribution in [0.25, 0.3) is 0 Å². The van der Waals surface area contributed by atoms with Gasteiger partial charge in [-0.1, -0.05) is 18.2 Å². The van der Waals surface area contributed by atoms with Crippen molar-refractivity contribution in [1.82, 2.24) is 0 Å². The molecule has 2 heterocycles. The first-order chi connectivity index (χ1) is 8.25. The summed E-state index contributed by atoms with van der Waals surface area (Å²) in [6, 6.07) is 6.35. The van der Waals surface area contributed by atoms with Gasteiger partial charge in [-0.15, -0.1) is 0 Å². The predicted molar refractivity (Wildman–Crippen MR) is 66.1 cm³/mol. The largest absolute Gasteiger partial charge is 0.493 e. The summed E-state index contributed by atoms with van der Waals surface area (Å²) in [6.45, 7) is 3.67. The summed E-state index contributed by atoms with van der Waals surface area (Å²) in [7, 11) is 0. The van der Waals surface area contributed by atoms with E-state index in [0.29, 0.717) is 12.0 Å². The maximum Gasteiger partial charge on any atom is 0.127 e. The van der Waals surface area contributed by atoms with Gasteiger partial charge < -0.3 is 15.2 Å². The van der Waals surface area contributed by atoms with Crippen molar-refractivity contribution in [1.29, 1.82) is 0 Å². The average molecular weight is 233 g/mol. The summed E-state index contributed by atoms with van der Waals surface area (Å²) >= 11 is 0. The number of rotatable bonds is 2. The molecule has 1 aromatic carbocycles. The molecular weight excluding hydrogens is 214 g/mol. The number of benzene rings is 1. The van der Waals surface area contributed by atoms with Gasteiger partial charge in [0.15, 0.2) is 0 Å². The van der Waals surface area contributed by atoms with Crippen LogP contribution >= 0.6 is 0 Å². The number of hydrogen-bond donors (Lipinski definition) is 1. The Hall–Kier alpha value is -1.06. The molecule has 0 radical (unpaired) electrons. The summed E-state index contributed by atoms with van der Waals surface area (Å²) in [6.07, 6.45) is 2.39. The Morgan fingerprint density at radius 2 is 2.29 bits per heavy atom. The molecule has 0 spiro atoms. The lowest BCUT2D eigenvalue weighted by Crippen LogP contribution is -2.22. The van der Waals surface area contributed by atoms with Crippen LogP contribution < -0.4 is 10.5 Å². The second kappa shape index (κ2) is 4.31. The number of para-hydroxylation sites is 1. The van der Waals surface area contributed by atoms with E-state index < -0.39 is 0 Å². The standard InChI is InChI=1S/C14H19NO2/c1-9-7-11(8-17-9)13(15)12-4-2-3-10-5-6-16-14(10)12/h2-4,9,11,13H,5-8,15H2,1H3. The van der Waals surface area contributed by atoms with Gasteiger partial charge in [0.05, 0.1) is 19.3 Å². The highest BCUT2D eigenvalue weighted by molar-refractivity contribution is 5.45. The van der Waals surface area contributed by atoms with Crippen LogP contribution in [0.4, 0.5) is 0 Å². The first kappa shape index (κ1) is 11.1. The van der Waals surface area contributed by atoms with Crippen LogP contribution in [0.2, 0.25) is 0 Å². The molecule has 3 unspecified atom stereocenters. The number of hydrogen-bond acceptors (Lipinski definition) is 3. The van der Waals surface area contributed by atoms with Crippen molar-refractivity contribution in [2.75, 3.05) is 13.2 Å². The van der Waals surface area contributed by atoms with Crippen molar-refractivity contribution in [3.05, 3.63) is 29.3 Å². The fraction of sp³-hybridized carbons (Fsp3) is 0.571. The van der Waals surface area contributed by atoms with Gasteiger partial charge in [-0.3, -0.25) is 0 Å². The van der Waals surface area contributed by atoms with Crippen LogP contribution in [-0.4, -0.2) is 19.3 Å². The average Bonchev–Trinajstić information content (AvgIpc) is 2.95. The fourth-order valence-corrected chi connectivity index (χ4v) is 2.86. The van der Waals surface area contributed by atoms with Crippen molar-refractivity contribution < 1.29 is 9.47 Å². The monoisotopic (exact) mass is 233 g/mol. The highest BCUT2D eigenvalue weighted by atomic mass is 16.5. The minimum Gasteiger partial charge on any atom is -0.493 e. The molecule has 1 saturated heterocycles. The summed E-state index contributed by atoms with van der Waals surface area (Å²) < 4.78 is 11.3. The number of fused-ring (bicyclic) bond motifs is 1. The zero-order valence-electron chi connectivity index (χ0n) is 10.2. The van der Waals surface area contributed by atoms with Crippen LogP contribution in [0.1, 0.15) is 30.5 Å². The van der Waals surface area contributed by atoms with Crippen molar-refractivity contribution in [3.63, 3.8) is 0 Å². The third-order valence-electron chi connectivity index (χ3n) is 3.84. The predicted octanol–water partition coefficient (Wildman–Crippen LogP) is 2.05. The van der Waals surface area contributed by atoms with Gasteiger partial charge in [0.25, 0.3) is 0 Å². The second-order valence-corrected chi connectivity index (χ2v) is 5.10. The Morgan fingerprint density at radius 1 is 1.41 bits per heavy atom. The summed E-state index contributed by atoms with van der Waals surface area (Å²) in [4.78, 5) is 0. The molecule has 0 saturated carbocycles. The molecule has 2 N–H and O–H groups in total. The van der Waals surface area contributed by atoms with E-state index in [4.69, 9.17) is 15.2 Å². The van der Waals surface area contributed by atoms with E-state index in [1.165, 1.54) is 5.56 Å². The third kappa shape index (κ3) is 1.94. The Bertz CT molecular complexity index is 419. The summed E-state index contributed by atoms with van der Waals surface area (Å²) in [5.41, 5.74) is 8.83. The lowest BCUT2D eigenvalue weighted by molar-refractivity contribution is 0.118. The van der Waals surface area contributed by atoms with E-state index in [-0.39, 0.29) is 6.04 Å². The molecule has 17 heavy (non-hydrogen) atoms. The molecule has 92 valence electrons. The van der Waals surface area contributed by atoms with Gasteiger partial charge in [0.2, 0.25) is 0 Å². The molecule has 0 bridgehead atoms. The van der Waals surface area contributed by atoms with Gasteiger partial charge in [0.1, 0.15) is 5.75 Å². The van der Waals surface area contributed by atoms with Gasteiger partial charge >= 0.3 is 0 Å². The van der Waals surface area contributed by atoms with Gasteiger partial charge in [-0.25, -0.2) is 0 Å². The lowest BCUT2D eigenvalue weighted by atomic mass is 9.90. The Balaban J connectivity index is 1.86. The minimum atomic E-state index is 0.0352. The van der Waals surface area contributed by atoms with Crippen molar-refractivity contribution in [2.45, 2.75) is 31.9 Å². The lowest BCUT2D eigenvalue weighted by Gasteiger charge is -2.20. The van der Waals surface area contributed by atoms with Gasteiger partial charge in [-0.05, 0) is 18.9 Å².